The lowest BCUT2D eigenvalue weighted by molar-refractivity contribution is 0.303. The summed E-state index contributed by atoms with van der Waals surface area (Å²) in [4.78, 5) is 0. The summed E-state index contributed by atoms with van der Waals surface area (Å²) in [5, 5.41) is 0. The molecule has 0 aliphatic carbocycles. The Labute approximate surface area is 123 Å². The van der Waals surface area contributed by atoms with Gasteiger partial charge in [-0.2, -0.15) is 0 Å². The predicted octanol–water partition coefficient (Wildman–Crippen LogP) is 4.25. The van der Waals surface area contributed by atoms with Crippen LogP contribution in [0.25, 0.3) is 0 Å². The minimum Gasteiger partial charge on any atom is -0.489 e. The lowest BCUT2D eigenvalue weighted by Crippen LogP contribution is -2.02. The average molecular weight is 371 g/mol. The number of rotatable bonds is 4. The second-order valence-electron chi connectivity index (χ2n) is 3.87. The molecular weight excluding hydrogens is 358 g/mol. The molecule has 0 heterocycles. The molecule has 2 aromatic rings. The molecule has 2 N–H and O–H groups in total. The summed E-state index contributed by atoms with van der Waals surface area (Å²) in [6.07, 6.45) is 0. The van der Waals surface area contributed by atoms with Crippen molar-refractivity contribution < 1.29 is 4.74 Å². The summed E-state index contributed by atoms with van der Waals surface area (Å²) in [6, 6.07) is 13.9. The highest BCUT2D eigenvalue weighted by Gasteiger charge is 2.03. The van der Waals surface area contributed by atoms with Crippen LogP contribution in [0.5, 0.6) is 5.75 Å². The Morgan fingerprint density at radius 3 is 2.50 bits per heavy atom. The van der Waals surface area contributed by atoms with Gasteiger partial charge in [0.1, 0.15) is 12.4 Å². The molecule has 0 unspecified atom stereocenters. The minimum atomic E-state index is 0.466. The van der Waals surface area contributed by atoms with Gasteiger partial charge in [-0.3, -0.25) is 0 Å². The molecular formula is C14H13Br2NO. The summed E-state index contributed by atoms with van der Waals surface area (Å²) in [5.41, 5.74) is 7.82. The minimum absolute atomic E-state index is 0.466. The van der Waals surface area contributed by atoms with Crippen molar-refractivity contribution in [1.29, 1.82) is 0 Å². The molecule has 0 spiro atoms. The van der Waals surface area contributed by atoms with Crippen LogP contribution < -0.4 is 10.5 Å². The molecule has 0 fully saturated rings. The lowest BCUT2D eigenvalue weighted by Gasteiger charge is -2.11. The number of hydrogen-bond acceptors (Lipinski definition) is 2. The van der Waals surface area contributed by atoms with Gasteiger partial charge in [-0.25, -0.2) is 0 Å². The van der Waals surface area contributed by atoms with E-state index in [0.717, 1.165) is 25.8 Å². The summed E-state index contributed by atoms with van der Waals surface area (Å²) in [6.45, 7) is 1.00. The van der Waals surface area contributed by atoms with Gasteiger partial charge in [0.2, 0.25) is 0 Å². The molecule has 0 saturated heterocycles. The topological polar surface area (TPSA) is 35.2 Å². The summed E-state index contributed by atoms with van der Waals surface area (Å²) in [5.74, 6) is 0.834. The van der Waals surface area contributed by atoms with Gasteiger partial charge in [0, 0.05) is 21.1 Å². The zero-order chi connectivity index (χ0) is 13.0. The van der Waals surface area contributed by atoms with Crippen molar-refractivity contribution in [3.8, 4) is 5.75 Å². The molecule has 0 atom stereocenters. The first-order valence-electron chi connectivity index (χ1n) is 5.55. The summed E-state index contributed by atoms with van der Waals surface area (Å²) < 4.78 is 7.87. The maximum absolute atomic E-state index is 5.80. The van der Waals surface area contributed by atoms with Crippen molar-refractivity contribution in [1.82, 2.24) is 0 Å². The standard InChI is InChI=1S/C14H13Br2NO/c15-12-3-1-2-10(6-12)9-18-14-5-4-13(16)7-11(14)8-17/h1-7H,8-9,17H2. The average Bonchev–Trinajstić information content (AvgIpc) is 2.37. The van der Waals surface area contributed by atoms with Crippen LogP contribution >= 0.6 is 31.9 Å². The third-order valence-electron chi connectivity index (χ3n) is 2.53. The van der Waals surface area contributed by atoms with E-state index >= 15 is 0 Å². The Balaban J connectivity index is 2.10. The van der Waals surface area contributed by atoms with Crippen molar-refractivity contribution >= 4 is 31.9 Å². The van der Waals surface area contributed by atoms with Gasteiger partial charge in [-0.15, -0.1) is 0 Å². The highest BCUT2D eigenvalue weighted by molar-refractivity contribution is 9.10. The molecule has 0 amide bonds. The van der Waals surface area contributed by atoms with Gasteiger partial charge in [0.25, 0.3) is 0 Å². The van der Waals surface area contributed by atoms with Crippen LogP contribution in [0.4, 0.5) is 0 Å². The summed E-state index contributed by atoms with van der Waals surface area (Å²) in [7, 11) is 0. The van der Waals surface area contributed by atoms with Crippen LogP contribution in [0.2, 0.25) is 0 Å². The molecule has 18 heavy (non-hydrogen) atoms. The molecule has 94 valence electrons. The normalized spacial score (nSPS) is 10.4. The summed E-state index contributed by atoms with van der Waals surface area (Å²) >= 11 is 6.87. The van der Waals surface area contributed by atoms with Gasteiger partial charge >= 0.3 is 0 Å². The molecule has 2 nitrogen and oxygen atoms in total. The fraction of sp³-hybridized carbons (Fsp3) is 0.143. The SMILES string of the molecule is NCc1cc(Br)ccc1OCc1cccc(Br)c1. The number of nitrogens with two attached hydrogens (primary N) is 1. The van der Waals surface area contributed by atoms with Crippen molar-refractivity contribution in [3.05, 3.63) is 62.5 Å². The fourth-order valence-corrected chi connectivity index (χ4v) is 2.49. The largest absolute Gasteiger partial charge is 0.489 e. The van der Waals surface area contributed by atoms with Gasteiger partial charge in [-0.1, -0.05) is 44.0 Å². The van der Waals surface area contributed by atoms with Crippen molar-refractivity contribution in [2.45, 2.75) is 13.2 Å². The van der Waals surface area contributed by atoms with E-state index in [0.29, 0.717) is 13.2 Å². The molecule has 0 bridgehead atoms. The first-order chi connectivity index (χ1) is 8.69. The fourth-order valence-electron chi connectivity index (χ4n) is 1.64. The zero-order valence-corrected chi connectivity index (χ0v) is 12.9. The molecule has 2 rings (SSSR count). The van der Waals surface area contributed by atoms with Crippen molar-refractivity contribution in [2.75, 3.05) is 0 Å². The van der Waals surface area contributed by atoms with E-state index in [1.807, 2.05) is 42.5 Å². The molecule has 0 radical (unpaired) electrons. The van der Waals surface area contributed by atoms with E-state index in [1.165, 1.54) is 0 Å². The number of hydrogen-bond donors (Lipinski definition) is 1. The number of ether oxygens (including phenoxy) is 1. The maximum atomic E-state index is 5.80. The molecule has 4 heteroatoms. The van der Waals surface area contributed by atoms with Crippen LogP contribution in [0.1, 0.15) is 11.1 Å². The quantitative estimate of drug-likeness (QED) is 0.873. The highest BCUT2D eigenvalue weighted by atomic mass is 79.9. The highest BCUT2D eigenvalue weighted by Crippen LogP contribution is 2.24. The molecule has 0 aliphatic heterocycles. The second-order valence-corrected chi connectivity index (χ2v) is 5.71. The lowest BCUT2D eigenvalue weighted by atomic mass is 10.2. The Morgan fingerprint density at radius 1 is 1.00 bits per heavy atom. The Hall–Kier alpha value is -0.840. The number of benzene rings is 2. The van der Waals surface area contributed by atoms with E-state index in [4.69, 9.17) is 10.5 Å². The van der Waals surface area contributed by atoms with E-state index < -0.39 is 0 Å². The number of halogens is 2. The first kappa shape index (κ1) is 13.6. The van der Waals surface area contributed by atoms with Gasteiger partial charge in [0.05, 0.1) is 0 Å². The van der Waals surface area contributed by atoms with Crippen LogP contribution in [-0.4, -0.2) is 0 Å². The second kappa shape index (κ2) is 6.36. The Kier molecular flexibility index (Phi) is 4.80. The monoisotopic (exact) mass is 369 g/mol. The third-order valence-corrected chi connectivity index (χ3v) is 3.51. The van der Waals surface area contributed by atoms with Crippen LogP contribution in [-0.2, 0) is 13.2 Å². The predicted molar refractivity (Wildman–Crippen MR) is 80.5 cm³/mol. The third kappa shape index (κ3) is 3.57. The Bertz CT molecular complexity index is 543. The van der Waals surface area contributed by atoms with Crippen LogP contribution in [0, 0.1) is 0 Å². The molecule has 2 aromatic carbocycles. The molecule has 0 saturated carbocycles. The molecule has 0 aromatic heterocycles. The van der Waals surface area contributed by atoms with Gasteiger partial charge < -0.3 is 10.5 Å². The molecule has 0 aliphatic rings. The van der Waals surface area contributed by atoms with E-state index in [1.54, 1.807) is 0 Å². The van der Waals surface area contributed by atoms with Gasteiger partial charge in [0.15, 0.2) is 0 Å². The maximum Gasteiger partial charge on any atom is 0.124 e. The van der Waals surface area contributed by atoms with Crippen LogP contribution in [0.3, 0.4) is 0 Å². The zero-order valence-electron chi connectivity index (χ0n) is 9.70. The van der Waals surface area contributed by atoms with E-state index in [-0.39, 0.29) is 0 Å². The van der Waals surface area contributed by atoms with Crippen molar-refractivity contribution in [2.24, 2.45) is 5.73 Å². The first-order valence-corrected chi connectivity index (χ1v) is 7.13. The van der Waals surface area contributed by atoms with Crippen molar-refractivity contribution in [3.63, 3.8) is 0 Å². The van der Waals surface area contributed by atoms with Gasteiger partial charge in [-0.05, 0) is 35.9 Å². The van der Waals surface area contributed by atoms with E-state index in [9.17, 15) is 0 Å². The van der Waals surface area contributed by atoms with Crippen LogP contribution in [0.15, 0.2) is 51.4 Å². The Morgan fingerprint density at radius 2 is 1.78 bits per heavy atom. The smallest absolute Gasteiger partial charge is 0.124 e. The van der Waals surface area contributed by atoms with E-state index in [2.05, 4.69) is 31.9 Å².